The van der Waals surface area contributed by atoms with E-state index in [0.717, 1.165) is 53.5 Å². The van der Waals surface area contributed by atoms with Gasteiger partial charge in [0.15, 0.2) is 0 Å². The van der Waals surface area contributed by atoms with Crippen LogP contribution in [0.4, 0.5) is 0 Å². The summed E-state index contributed by atoms with van der Waals surface area (Å²) >= 11 is 0. The van der Waals surface area contributed by atoms with Gasteiger partial charge in [0, 0.05) is 23.1 Å². The van der Waals surface area contributed by atoms with Crippen molar-refractivity contribution in [2.75, 3.05) is 26.2 Å². The number of carbonyl (C=O) groups is 1. The fourth-order valence-electron chi connectivity index (χ4n) is 4.50. The van der Waals surface area contributed by atoms with Crippen LogP contribution in [0.1, 0.15) is 11.1 Å². The smallest absolute Gasteiger partial charge is 0.224 e. The van der Waals surface area contributed by atoms with Crippen molar-refractivity contribution < 1.29 is 18.8 Å². The van der Waals surface area contributed by atoms with Crippen molar-refractivity contribution in [3.8, 4) is 0 Å². The normalized spacial score (nSPS) is 19.0. The Hall–Kier alpha value is -3.15. The summed E-state index contributed by atoms with van der Waals surface area (Å²) in [7, 11) is 0. The highest BCUT2D eigenvalue weighted by Crippen LogP contribution is 2.30. The van der Waals surface area contributed by atoms with E-state index in [9.17, 15) is 4.79 Å². The minimum Gasteiger partial charge on any atom is -0.464 e. The lowest BCUT2D eigenvalue weighted by Crippen LogP contribution is -3.13. The van der Waals surface area contributed by atoms with Crippen LogP contribution in [0, 0.1) is 0 Å². The molecule has 3 aromatic carbocycles. The molecule has 0 spiro atoms. The van der Waals surface area contributed by atoms with Gasteiger partial charge in [-0.2, -0.15) is 0 Å². The summed E-state index contributed by atoms with van der Waals surface area (Å²) in [4.78, 5) is 14.2. The molecule has 1 aliphatic heterocycles. The molecule has 2 heterocycles. The minimum absolute atomic E-state index is 0.00517. The van der Waals surface area contributed by atoms with E-state index in [0.29, 0.717) is 13.0 Å². The molecule has 2 atom stereocenters. The number of fused-ring (bicyclic) bond motifs is 3. The van der Waals surface area contributed by atoms with Gasteiger partial charge in [-0.1, -0.05) is 60.7 Å². The van der Waals surface area contributed by atoms with Gasteiger partial charge in [-0.25, -0.2) is 0 Å². The molecule has 1 unspecified atom stereocenters. The molecule has 4 aromatic rings. The Morgan fingerprint density at radius 3 is 2.77 bits per heavy atom. The lowest BCUT2D eigenvalue weighted by atomic mass is 10.0. The second-order valence-corrected chi connectivity index (χ2v) is 8.26. The summed E-state index contributed by atoms with van der Waals surface area (Å²) in [6.45, 7) is 4.14. The molecule has 5 heteroatoms. The van der Waals surface area contributed by atoms with Crippen LogP contribution >= 0.6 is 0 Å². The molecule has 0 saturated carbocycles. The Labute approximate surface area is 181 Å². The van der Waals surface area contributed by atoms with Crippen LogP contribution in [0.5, 0.6) is 0 Å². The zero-order valence-electron chi connectivity index (χ0n) is 17.5. The van der Waals surface area contributed by atoms with Crippen molar-refractivity contribution in [3.05, 3.63) is 84.1 Å². The van der Waals surface area contributed by atoms with Gasteiger partial charge >= 0.3 is 0 Å². The monoisotopic (exact) mass is 415 g/mol. The molecule has 0 aliphatic carbocycles. The number of quaternary nitrogens is 1. The molecule has 1 aliphatic rings. The van der Waals surface area contributed by atoms with E-state index in [1.807, 2.05) is 24.3 Å². The van der Waals surface area contributed by atoms with Gasteiger partial charge < -0.3 is 19.4 Å². The third kappa shape index (κ3) is 4.48. The Balaban J connectivity index is 1.20. The van der Waals surface area contributed by atoms with Gasteiger partial charge in [-0.15, -0.1) is 0 Å². The summed E-state index contributed by atoms with van der Waals surface area (Å²) in [6.07, 6.45) is 2.05. The molecule has 2 N–H and O–H groups in total. The standard InChI is InChI=1S/C26H26N2O3/c29-25(14-21-18-31-24-11-10-20-8-4-5-9-23(20)26(21)24)27-15-22-17-28(12-13-30-22)16-19-6-2-1-3-7-19/h1-11,18,22H,12-17H2,(H,27,29)/p+1/t22-/m0/s1. The van der Waals surface area contributed by atoms with Crippen LogP contribution in [0.25, 0.3) is 21.7 Å². The fraction of sp³-hybridized carbons (Fsp3) is 0.269. The first-order valence-corrected chi connectivity index (χ1v) is 10.9. The third-order valence-electron chi connectivity index (χ3n) is 6.04. The molecule has 5 nitrogen and oxygen atoms in total. The Morgan fingerprint density at radius 1 is 1.03 bits per heavy atom. The second-order valence-electron chi connectivity index (χ2n) is 8.26. The molecule has 5 rings (SSSR count). The maximum absolute atomic E-state index is 12.7. The largest absolute Gasteiger partial charge is 0.464 e. The van der Waals surface area contributed by atoms with Gasteiger partial charge in [-0.05, 0) is 16.8 Å². The zero-order chi connectivity index (χ0) is 21.0. The summed E-state index contributed by atoms with van der Waals surface area (Å²) in [6, 6.07) is 22.7. The summed E-state index contributed by atoms with van der Waals surface area (Å²) in [5.41, 5.74) is 3.07. The van der Waals surface area contributed by atoms with E-state index in [2.05, 4.69) is 47.8 Å². The van der Waals surface area contributed by atoms with Crippen LogP contribution in [-0.2, 0) is 22.5 Å². The molecule has 31 heavy (non-hydrogen) atoms. The van der Waals surface area contributed by atoms with Crippen molar-refractivity contribution in [2.45, 2.75) is 19.1 Å². The number of rotatable bonds is 6. The summed E-state index contributed by atoms with van der Waals surface area (Å²) in [5, 5.41) is 6.36. The first kappa shape index (κ1) is 19.8. The van der Waals surface area contributed by atoms with Crippen LogP contribution in [0.3, 0.4) is 0 Å². The van der Waals surface area contributed by atoms with Crippen LogP contribution in [0.15, 0.2) is 77.4 Å². The van der Waals surface area contributed by atoms with E-state index < -0.39 is 0 Å². The van der Waals surface area contributed by atoms with Crippen molar-refractivity contribution in [3.63, 3.8) is 0 Å². The van der Waals surface area contributed by atoms with E-state index in [-0.39, 0.29) is 12.0 Å². The van der Waals surface area contributed by atoms with E-state index in [1.165, 1.54) is 10.5 Å². The Kier molecular flexibility index (Phi) is 5.69. The average Bonchev–Trinajstić information content (AvgIpc) is 3.22. The molecule has 158 valence electrons. The van der Waals surface area contributed by atoms with Crippen LogP contribution in [-0.4, -0.2) is 38.3 Å². The predicted octanol–water partition coefficient (Wildman–Crippen LogP) is 2.73. The van der Waals surface area contributed by atoms with Crippen molar-refractivity contribution in [1.29, 1.82) is 0 Å². The first-order valence-electron chi connectivity index (χ1n) is 10.9. The number of hydrogen-bond donors (Lipinski definition) is 2. The summed E-state index contributed by atoms with van der Waals surface area (Å²) in [5.74, 6) is -0.00517. The molecule has 0 radical (unpaired) electrons. The molecule has 1 aromatic heterocycles. The Morgan fingerprint density at radius 2 is 1.87 bits per heavy atom. The maximum Gasteiger partial charge on any atom is 0.224 e. The number of morpholine rings is 1. The molecule has 1 saturated heterocycles. The molecular weight excluding hydrogens is 388 g/mol. The van der Waals surface area contributed by atoms with Crippen LogP contribution in [0.2, 0.25) is 0 Å². The lowest BCUT2D eigenvalue weighted by Gasteiger charge is -2.30. The minimum atomic E-state index is -0.00517. The van der Waals surface area contributed by atoms with Gasteiger partial charge in [0.25, 0.3) is 0 Å². The van der Waals surface area contributed by atoms with E-state index >= 15 is 0 Å². The number of benzene rings is 3. The number of nitrogens with one attached hydrogen (secondary N) is 2. The van der Waals surface area contributed by atoms with Gasteiger partial charge in [-0.3, -0.25) is 4.79 Å². The SMILES string of the molecule is O=C(Cc1coc2ccc3ccccc3c12)NC[C@H]1C[NH+](Cc2ccccc2)CCO1. The predicted molar refractivity (Wildman–Crippen MR) is 121 cm³/mol. The molecule has 1 fully saturated rings. The highest BCUT2D eigenvalue weighted by atomic mass is 16.5. The number of amides is 1. The maximum atomic E-state index is 12.7. The molecular formula is C26H27N2O3+. The highest BCUT2D eigenvalue weighted by molar-refractivity contribution is 6.08. The lowest BCUT2D eigenvalue weighted by molar-refractivity contribution is -0.925. The number of hydrogen-bond acceptors (Lipinski definition) is 3. The molecule has 0 bridgehead atoms. The first-order chi connectivity index (χ1) is 15.3. The quantitative estimate of drug-likeness (QED) is 0.509. The summed E-state index contributed by atoms with van der Waals surface area (Å²) < 4.78 is 11.6. The fourth-order valence-corrected chi connectivity index (χ4v) is 4.50. The van der Waals surface area contributed by atoms with Crippen LogP contribution < -0.4 is 10.2 Å². The van der Waals surface area contributed by atoms with Gasteiger partial charge in [0.05, 0.1) is 19.3 Å². The average molecular weight is 416 g/mol. The molecule has 1 amide bonds. The van der Waals surface area contributed by atoms with E-state index in [4.69, 9.17) is 9.15 Å². The zero-order valence-corrected chi connectivity index (χ0v) is 17.5. The van der Waals surface area contributed by atoms with Crippen molar-refractivity contribution in [2.24, 2.45) is 0 Å². The number of furan rings is 1. The third-order valence-corrected chi connectivity index (χ3v) is 6.04. The highest BCUT2D eigenvalue weighted by Gasteiger charge is 2.24. The number of carbonyl (C=O) groups excluding carboxylic acids is 1. The topological polar surface area (TPSA) is 55.9 Å². The van der Waals surface area contributed by atoms with Gasteiger partial charge in [0.1, 0.15) is 31.3 Å². The second kappa shape index (κ2) is 8.92. The van der Waals surface area contributed by atoms with Gasteiger partial charge in [0.2, 0.25) is 5.91 Å². The van der Waals surface area contributed by atoms with E-state index in [1.54, 1.807) is 6.26 Å². The Bertz CT molecular complexity index is 1190. The number of ether oxygens (including phenoxy) is 1. The van der Waals surface area contributed by atoms with Crippen molar-refractivity contribution >= 4 is 27.6 Å². The van der Waals surface area contributed by atoms with Crippen molar-refractivity contribution in [1.82, 2.24) is 5.32 Å².